The number of rotatable bonds is 5. The highest BCUT2D eigenvalue weighted by Gasteiger charge is 2.26. The summed E-state index contributed by atoms with van der Waals surface area (Å²) in [6.07, 6.45) is 1.55. The fourth-order valence-electron chi connectivity index (χ4n) is 2.68. The van der Waals surface area contributed by atoms with Gasteiger partial charge in [-0.25, -0.2) is 13.2 Å². The van der Waals surface area contributed by atoms with E-state index in [-0.39, 0.29) is 36.3 Å². The van der Waals surface area contributed by atoms with Crippen molar-refractivity contribution in [3.8, 4) is 0 Å². The minimum absolute atomic E-state index is 0. The van der Waals surface area contributed by atoms with Gasteiger partial charge in [-0.3, -0.25) is 9.69 Å². The van der Waals surface area contributed by atoms with Crippen LogP contribution in [0.4, 0.5) is 13.2 Å². The molecule has 0 saturated carbocycles. The molecule has 1 amide bonds. The van der Waals surface area contributed by atoms with Gasteiger partial charge in [-0.1, -0.05) is 0 Å². The van der Waals surface area contributed by atoms with E-state index in [9.17, 15) is 18.0 Å². The highest BCUT2D eigenvalue weighted by atomic mass is 35.5. The van der Waals surface area contributed by atoms with Crippen molar-refractivity contribution in [1.82, 2.24) is 10.2 Å². The van der Waals surface area contributed by atoms with Gasteiger partial charge in [-0.2, -0.15) is 0 Å². The molecule has 23 heavy (non-hydrogen) atoms. The molecule has 3 N–H and O–H groups in total. The minimum atomic E-state index is -1.20. The van der Waals surface area contributed by atoms with Crippen LogP contribution in [-0.4, -0.2) is 37.0 Å². The van der Waals surface area contributed by atoms with Crippen LogP contribution in [0.25, 0.3) is 0 Å². The van der Waals surface area contributed by atoms with Gasteiger partial charge in [0, 0.05) is 37.8 Å². The summed E-state index contributed by atoms with van der Waals surface area (Å²) in [4.78, 5) is 13.8. The number of halogens is 4. The van der Waals surface area contributed by atoms with Gasteiger partial charge in [0.1, 0.15) is 5.82 Å². The number of nitrogens with zero attached hydrogens (tertiary/aromatic N) is 1. The molecule has 0 aromatic heterocycles. The fourth-order valence-corrected chi connectivity index (χ4v) is 2.68. The molecule has 130 valence electrons. The molecule has 0 bridgehead atoms. The molecular formula is C15H21ClF3N3O. The third kappa shape index (κ3) is 5.37. The molecule has 1 aliphatic rings. The number of likely N-dealkylation sites (tertiary alicyclic amines) is 1. The summed E-state index contributed by atoms with van der Waals surface area (Å²) in [7, 11) is 0. The van der Waals surface area contributed by atoms with E-state index in [1.165, 1.54) is 0 Å². The molecule has 0 aliphatic carbocycles. The topological polar surface area (TPSA) is 58.4 Å². The average molecular weight is 352 g/mol. The van der Waals surface area contributed by atoms with E-state index in [0.717, 1.165) is 18.9 Å². The minimum Gasteiger partial charge on any atom is -0.355 e. The van der Waals surface area contributed by atoms with Gasteiger partial charge in [0.2, 0.25) is 5.91 Å². The molecule has 1 unspecified atom stereocenters. The first-order chi connectivity index (χ1) is 10.5. The van der Waals surface area contributed by atoms with Crippen LogP contribution in [-0.2, 0) is 11.3 Å². The lowest BCUT2D eigenvalue weighted by molar-refractivity contribution is -0.126. The first kappa shape index (κ1) is 19.7. The summed E-state index contributed by atoms with van der Waals surface area (Å²) in [6.45, 7) is 2.12. The molecule has 1 heterocycles. The molecule has 1 aliphatic heterocycles. The Morgan fingerprint density at radius 2 is 1.96 bits per heavy atom. The van der Waals surface area contributed by atoms with Gasteiger partial charge in [-0.15, -0.1) is 12.4 Å². The number of nitrogens with one attached hydrogen (secondary N) is 1. The Hall–Kier alpha value is -1.31. The van der Waals surface area contributed by atoms with E-state index in [2.05, 4.69) is 5.32 Å². The lowest BCUT2D eigenvalue weighted by Gasteiger charge is -2.32. The van der Waals surface area contributed by atoms with Gasteiger partial charge >= 0.3 is 0 Å². The summed E-state index contributed by atoms with van der Waals surface area (Å²) in [6, 6.07) is 1.43. The Morgan fingerprint density at radius 3 is 2.65 bits per heavy atom. The van der Waals surface area contributed by atoms with Crippen molar-refractivity contribution in [2.75, 3.05) is 26.2 Å². The Kier molecular flexibility index (Phi) is 7.81. The molecule has 1 saturated heterocycles. The number of amides is 1. The molecule has 4 nitrogen and oxygen atoms in total. The molecule has 1 aromatic carbocycles. The Morgan fingerprint density at radius 1 is 1.26 bits per heavy atom. The second-order valence-corrected chi connectivity index (χ2v) is 5.51. The van der Waals surface area contributed by atoms with Crippen molar-refractivity contribution in [3.05, 3.63) is 35.1 Å². The molecule has 1 atom stereocenters. The van der Waals surface area contributed by atoms with E-state index in [1.54, 1.807) is 0 Å². The van der Waals surface area contributed by atoms with Crippen LogP contribution in [0.1, 0.15) is 18.4 Å². The number of carbonyl (C=O) groups is 1. The van der Waals surface area contributed by atoms with Gasteiger partial charge in [0.25, 0.3) is 0 Å². The quantitative estimate of drug-likeness (QED) is 0.795. The predicted molar refractivity (Wildman–Crippen MR) is 83.6 cm³/mol. The summed E-state index contributed by atoms with van der Waals surface area (Å²) >= 11 is 0. The van der Waals surface area contributed by atoms with Crippen LogP contribution >= 0.6 is 12.4 Å². The van der Waals surface area contributed by atoms with Gasteiger partial charge in [-0.05, 0) is 25.5 Å². The standard InChI is InChI=1S/C15H20F3N3O.ClH/c16-12-7-14(18)13(17)6-11(12)9-21-5-1-2-10(8-21)15(22)20-4-3-19;/h6-7,10H,1-5,8-9,19H2,(H,20,22);1H. The highest BCUT2D eigenvalue weighted by molar-refractivity contribution is 5.85. The number of piperidine rings is 1. The van der Waals surface area contributed by atoms with Crippen molar-refractivity contribution in [2.45, 2.75) is 19.4 Å². The number of hydrogen-bond acceptors (Lipinski definition) is 3. The first-order valence-corrected chi connectivity index (χ1v) is 7.34. The van der Waals surface area contributed by atoms with Gasteiger partial charge < -0.3 is 11.1 Å². The van der Waals surface area contributed by atoms with Crippen LogP contribution in [0.5, 0.6) is 0 Å². The molecule has 8 heteroatoms. The SMILES string of the molecule is Cl.NCCNC(=O)C1CCCN(Cc2cc(F)c(F)cc2F)C1. The van der Waals surface area contributed by atoms with Crippen LogP contribution in [0, 0.1) is 23.4 Å². The van der Waals surface area contributed by atoms with Crippen molar-refractivity contribution in [2.24, 2.45) is 11.7 Å². The first-order valence-electron chi connectivity index (χ1n) is 7.34. The summed E-state index contributed by atoms with van der Waals surface area (Å²) < 4.78 is 39.8. The van der Waals surface area contributed by atoms with E-state index >= 15 is 0 Å². The van der Waals surface area contributed by atoms with Gasteiger partial charge in [0.05, 0.1) is 5.92 Å². The lowest BCUT2D eigenvalue weighted by Crippen LogP contribution is -2.43. The largest absolute Gasteiger partial charge is 0.355 e. The zero-order chi connectivity index (χ0) is 16.1. The maximum atomic E-state index is 13.7. The Labute approximate surface area is 139 Å². The zero-order valence-electron chi connectivity index (χ0n) is 12.7. The number of carbonyl (C=O) groups excluding carboxylic acids is 1. The monoisotopic (exact) mass is 351 g/mol. The summed E-state index contributed by atoms with van der Waals surface area (Å²) in [5.74, 6) is -3.28. The second kappa shape index (κ2) is 9.10. The van der Waals surface area contributed by atoms with Crippen molar-refractivity contribution >= 4 is 18.3 Å². The third-order valence-electron chi connectivity index (χ3n) is 3.80. The normalized spacial score (nSPS) is 18.3. The molecule has 2 rings (SSSR count). The van der Waals surface area contributed by atoms with E-state index < -0.39 is 17.5 Å². The second-order valence-electron chi connectivity index (χ2n) is 5.51. The van der Waals surface area contributed by atoms with Crippen LogP contribution in [0.3, 0.4) is 0 Å². The van der Waals surface area contributed by atoms with E-state index in [4.69, 9.17) is 5.73 Å². The third-order valence-corrected chi connectivity index (χ3v) is 3.80. The van der Waals surface area contributed by atoms with Crippen molar-refractivity contribution < 1.29 is 18.0 Å². The van der Waals surface area contributed by atoms with Crippen LogP contribution in [0.2, 0.25) is 0 Å². The highest BCUT2D eigenvalue weighted by Crippen LogP contribution is 2.21. The fraction of sp³-hybridized carbons (Fsp3) is 0.533. The molecule has 0 spiro atoms. The van der Waals surface area contributed by atoms with E-state index in [0.29, 0.717) is 32.2 Å². The van der Waals surface area contributed by atoms with Crippen molar-refractivity contribution in [1.29, 1.82) is 0 Å². The Bertz CT molecular complexity index is 545. The zero-order valence-corrected chi connectivity index (χ0v) is 13.5. The molecule has 0 radical (unpaired) electrons. The molecule has 1 fully saturated rings. The maximum absolute atomic E-state index is 13.7. The number of nitrogens with two attached hydrogens (primary N) is 1. The molecular weight excluding hydrogens is 331 g/mol. The Balaban J connectivity index is 0.00000264. The number of hydrogen-bond donors (Lipinski definition) is 2. The number of benzene rings is 1. The predicted octanol–water partition coefficient (Wildman–Crippen LogP) is 1.81. The summed E-state index contributed by atoms with van der Waals surface area (Å²) in [5.41, 5.74) is 5.44. The van der Waals surface area contributed by atoms with Crippen molar-refractivity contribution in [3.63, 3.8) is 0 Å². The smallest absolute Gasteiger partial charge is 0.224 e. The lowest BCUT2D eigenvalue weighted by atomic mass is 9.96. The van der Waals surface area contributed by atoms with Crippen LogP contribution in [0.15, 0.2) is 12.1 Å². The molecule has 1 aromatic rings. The average Bonchev–Trinajstić information content (AvgIpc) is 2.50. The van der Waals surface area contributed by atoms with Gasteiger partial charge in [0.15, 0.2) is 11.6 Å². The summed E-state index contributed by atoms with van der Waals surface area (Å²) in [5, 5.41) is 2.74. The van der Waals surface area contributed by atoms with E-state index in [1.807, 2.05) is 4.90 Å². The maximum Gasteiger partial charge on any atom is 0.224 e. The van der Waals surface area contributed by atoms with Crippen LogP contribution < -0.4 is 11.1 Å².